The summed E-state index contributed by atoms with van der Waals surface area (Å²) in [4.78, 5) is 9.73. The lowest BCUT2D eigenvalue weighted by Gasteiger charge is -2.33. The maximum absolute atomic E-state index is 9.59. The van der Waals surface area contributed by atoms with Gasteiger partial charge < -0.3 is 30.3 Å². The van der Waals surface area contributed by atoms with Crippen LogP contribution in [0.2, 0.25) is 0 Å². The second-order valence-corrected chi connectivity index (χ2v) is 8.37. The molecule has 0 aliphatic carbocycles. The molecule has 7 nitrogen and oxygen atoms in total. The third kappa shape index (κ3) is 11.7. The van der Waals surface area contributed by atoms with Crippen LogP contribution in [0.1, 0.15) is 52.9 Å². The SMILES string of the molecule is CCNC(=NCCCN1CCC(O)CC1)NC1CCN(CCOC(C)C)CC1.I. The lowest BCUT2D eigenvalue weighted by molar-refractivity contribution is 0.0532. The highest BCUT2D eigenvalue weighted by Gasteiger charge is 2.20. The highest BCUT2D eigenvalue weighted by molar-refractivity contribution is 14.0. The number of aliphatic hydroxyl groups is 1. The van der Waals surface area contributed by atoms with E-state index in [2.05, 4.69) is 41.2 Å². The maximum Gasteiger partial charge on any atom is 0.191 e. The van der Waals surface area contributed by atoms with Gasteiger partial charge in [-0.3, -0.25) is 4.99 Å². The number of nitrogens with zero attached hydrogens (tertiary/aromatic N) is 3. The molecule has 2 rings (SSSR count). The van der Waals surface area contributed by atoms with E-state index in [1.807, 2.05) is 0 Å². The first-order valence-corrected chi connectivity index (χ1v) is 11.4. The first kappa shape index (κ1) is 26.9. The topological polar surface area (TPSA) is 72.4 Å². The Kier molecular flexibility index (Phi) is 14.5. The number of hydrogen-bond donors (Lipinski definition) is 3. The van der Waals surface area contributed by atoms with Gasteiger partial charge in [-0.25, -0.2) is 0 Å². The number of aliphatic hydroxyl groups excluding tert-OH is 1. The number of ether oxygens (including phenoxy) is 1. The first-order chi connectivity index (χ1) is 13.6. The van der Waals surface area contributed by atoms with Crippen molar-refractivity contribution < 1.29 is 9.84 Å². The molecule has 0 spiro atoms. The fourth-order valence-electron chi connectivity index (χ4n) is 3.86. The molecule has 0 saturated carbocycles. The Bertz CT molecular complexity index is 437. The maximum atomic E-state index is 9.59. The van der Waals surface area contributed by atoms with Crippen LogP contribution in [0.5, 0.6) is 0 Å². The molecule has 0 unspecified atom stereocenters. The normalized spacial score (nSPS) is 20.7. The molecule has 0 aromatic carbocycles. The van der Waals surface area contributed by atoms with E-state index in [0.717, 1.165) is 97.0 Å². The first-order valence-electron chi connectivity index (χ1n) is 11.4. The van der Waals surface area contributed by atoms with Crippen molar-refractivity contribution >= 4 is 29.9 Å². The molecule has 0 aromatic heterocycles. The number of aliphatic imine (C=N–C) groups is 1. The van der Waals surface area contributed by atoms with E-state index in [1.54, 1.807) is 0 Å². The minimum atomic E-state index is -0.0898. The van der Waals surface area contributed by atoms with Gasteiger partial charge in [0.05, 0.1) is 18.8 Å². The molecule has 0 atom stereocenters. The third-order valence-corrected chi connectivity index (χ3v) is 5.59. The van der Waals surface area contributed by atoms with E-state index >= 15 is 0 Å². The van der Waals surface area contributed by atoms with Gasteiger partial charge in [0.1, 0.15) is 0 Å². The van der Waals surface area contributed by atoms with Gasteiger partial charge in [0.25, 0.3) is 0 Å². The van der Waals surface area contributed by atoms with Gasteiger partial charge in [-0.05, 0) is 59.4 Å². The standard InChI is InChI=1S/C21H43N5O2.HI/c1-4-22-21(23-10-5-11-25-14-8-20(27)9-15-25)24-19-6-12-26(13-7-19)16-17-28-18(2)3;/h18-20,27H,4-17H2,1-3H3,(H2,22,23,24);1H. The summed E-state index contributed by atoms with van der Waals surface area (Å²) < 4.78 is 5.67. The summed E-state index contributed by atoms with van der Waals surface area (Å²) >= 11 is 0. The lowest BCUT2D eigenvalue weighted by Crippen LogP contribution is -2.49. The summed E-state index contributed by atoms with van der Waals surface area (Å²) in [5.74, 6) is 0.957. The van der Waals surface area contributed by atoms with Crippen molar-refractivity contribution in [1.29, 1.82) is 0 Å². The van der Waals surface area contributed by atoms with Crippen molar-refractivity contribution in [1.82, 2.24) is 20.4 Å². The van der Waals surface area contributed by atoms with Gasteiger partial charge in [0, 0.05) is 51.9 Å². The number of nitrogens with one attached hydrogen (secondary N) is 2. The summed E-state index contributed by atoms with van der Waals surface area (Å²) in [6, 6.07) is 0.503. The van der Waals surface area contributed by atoms with Gasteiger partial charge >= 0.3 is 0 Å². The molecule has 0 aromatic rings. The van der Waals surface area contributed by atoms with Crippen LogP contribution in [0.3, 0.4) is 0 Å². The van der Waals surface area contributed by atoms with Crippen molar-refractivity contribution in [2.45, 2.75) is 71.1 Å². The number of halogens is 1. The predicted molar refractivity (Wildman–Crippen MR) is 131 cm³/mol. The zero-order valence-corrected chi connectivity index (χ0v) is 21.1. The molecule has 29 heavy (non-hydrogen) atoms. The summed E-state index contributed by atoms with van der Waals surface area (Å²) in [5, 5.41) is 16.6. The van der Waals surface area contributed by atoms with E-state index in [4.69, 9.17) is 9.73 Å². The second kappa shape index (κ2) is 15.6. The Morgan fingerprint density at radius 2 is 1.69 bits per heavy atom. The van der Waals surface area contributed by atoms with Gasteiger partial charge in [0.15, 0.2) is 5.96 Å². The van der Waals surface area contributed by atoms with Crippen LogP contribution in [0.25, 0.3) is 0 Å². The molecule has 2 heterocycles. The van der Waals surface area contributed by atoms with Crippen molar-refractivity contribution in [3.8, 4) is 0 Å². The summed E-state index contributed by atoms with van der Waals surface area (Å²) in [5.41, 5.74) is 0. The van der Waals surface area contributed by atoms with Gasteiger partial charge in [-0.15, -0.1) is 24.0 Å². The van der Waals surface area contributed by atoms with E-state index in [0.29, 0.717) is 12.1 Å². The quantitative estimate of drug-likeness (QED) is 0.175. The van der Waals surface area contributed by atoms with Crippen LogP contribution >= 0.6 is 24.0 Å². The third-order valence-electron chi connectivity index (χ3n) is 5.59. The number of piperidine rings is 2. The number of likely N-dealkylation sites (tertiary alicyclic amines) is 2. The van der Waals surface area contributed by atoms with Crippen LogP contribution in [-0.4, -0.2) is 98.1 Å². The van der Waals surface area contributed by atoms with Crippen LogP contribution in [-0.2, 0) is 4.74 Å². The minimum absolute atomic E-state index is 0. The van der Waals surface area contributed by atoms with E-state index in [-0.39, 0.29) is 30.1 Å². The number of rotatable bonds is 10. The highest BCUT2D eigenvalue weighted by Crippen LogP contribution is 2.11. The van der Waals surface area contributed by atoms with Crippen LogP contribution < -0.4 is 10.6 Å². The number of guanidine groups is 1. The van der Waals surface area contributed by atoms with Crippen molar-refractivity contribution in [2.24, 2.45) is 4.99 Å². The average Bonchev–Trinajstić information content (AvgIpc) is 2.68. The monoisotopic (exact) mass is 525 g/mol. The summed E-state index contributed by atoms with van der Waals surface area (Å²) in [6.07, 6.45) is 5.43. The lowest BCUT2D eigenvalue weighted by atomic mass is 10.1. The fraction of sp³-hybridized carbons (Fsp3) is 0.952. The number of hydrogen-bond acceptors (Lipinski definition) is 5. The minimum Gasteiger partial charge on any atom is -0.393 e. The molecular weight excluding hydrogens is 481 g/mol. The molecule has 2 saturated heterocycles. The Hall–Kier alpha value is -0.160. The highest BCUT2D eigenvalue weighted by atomic mass is 127. The molecule has 2 aliphatic rings. The largest absolute Gasteiger partial charge is 0.393 e. The van der Waals surface area contributed by atoms with E-state index in [1.165, 1.54) is 0 Å². The van der Waals surface area contributed by atoms with Gasteiger partial charge in [0.2, 0.25) is 0 Å². The van der Waals surface area contributed by atoms with E-state index in [9.17, 15) is 5.11 Å². The molecule has 8 heteroatoms. The Morgan fingerprint density at radius 1 is 1.07 bits per heavy atom. The predicted octanol–water partition coefficient (Wildman–Crippen LogP) is 1.90. The summed E-state index contributed by atoms with van der Waals surface area (Å²) in [7, 11) is 0. The van der Waals surface area contributed by atoms with Gasteiger partial charge in [-0.2, -0.15) is 0 Å². The zero-order chi connectivity index (χ0) is 20.2. The van der Waals surface area contributed by atoms with Crippen molar-refractivity contribution in [2.75, 3.05) is 59.0 Å². The molecule has 0 bridgehead atoms. The molecule has 0 amide bonds. The smallest absolute Gasteiger partial charge is 0.191 e. The van der Waals surface area contributed by atoms with Crippen LogP contribution in [0.15, 0.2) is 4.99 Å². The molecule has 172 valence electrons. The Morgan fingerprint density at radius 3 is 2.31 bits per heavy atom. The fourth-order valence-corrected chi connectivity index (χ4v) is 3.86. The average molecular weight is 526 g/mol. The molecular formula is C21H44IN5O2. The Labute approximate surface area is 195 Å². The Balaban J connectivity index is 0.00000420. The molecule has 2 aliphatic heterocycles. The second-order valence-electron chi connectivity index (χ2n) is 8.37. The van der Waals surface area contributed by atoms with Crippen LogP contribution in [0, 0.1) is 0 Å². The molecule has 3 N–H and O–H groups in total. The van der Waals surface area contributed by atoms with Crippen LogP contribution in [0.4, 0.5) is 0 Å². The molecule has 2 fully saturated rings. The summed E-state index contributed by atoms with van der Waals surface area (Å²) in [6.45, 7) is 15.3. The molecule has 0 radical (unpaired) electrons. The zero-order valence-electron chi connectivity index (χ0n) is 18.7. The van der Waals surface area contributed by atoms with Crippen molar-refractivity contribution in [3.05, 3.63) is 0 Å². The van der Waals surface area contributed by atoms with E-state index < -0.39 is 0 Å². The van der Waals surface area contributed by atoms with Crippen molar-refractivity contribution in [3.63, 3.8) is 0 Å². The van der Waals surface area contributed by atoms with Gasteiger partial charge in [-0.1, -0.05) is 0 Å².